The second kappa shape index (κ2) is 5.66. The molecular formula is C16H14N2O5S. The number of hydrogen-bond acceptors (Lipinski definition) is 5. The zero-order valence-corrected chi connectivity index (χ0v) is 13.4. The monoisotopic (exact) mass is 346 g/mol. The van der Waals surface area contributed by atoms with Crippen LogP contribution in [0, 0.1) is 0 Å². The van der Waals surface area contributed by atoms with Gasteiger partial charge >= 0.3 is 0 Å². The van der Waals surface area contributed by atoms with Crippen LogP contribution in [0.1, 0.15) is 11.1 Å². The van der Waals surface area contributed by atoms with Gasteiger partial charge in [-0.25, -0.2) is 13.1 Å². The maximum absolute atomic E-state index is 12.2. The zero-order chi connectivity index (χ0) is 17.5. The van der Waals surface area contributed by atoms with Gasteiger partial charge in [-0.1, -0.05) is 0 Å². The van der Waals surface area contributed by atoms with E-state index in [2.05, 4.69) is 10.0 Å². The number of fused-ring (bicyclic) bond motifs is 1. The number of phenolic OH excluding ortho intramolecular Hbond substituents is 2. The number of benzene rings is 2. The van der Waals surface area contributed by atoms with E-state index < -0.39 is 15.9 Å². The molecule has 7 nitrogen and oxygen atoms in total. The van der Waals surface area contributed by atoms with Crippen LogP contribution >= 0.6 is 0 Å². The van der Waals surface area contributed by atoms with Gasteiger partial charge in [-0.05, 0) is 49.0 Å². The van der Waals surface area contributed by atoms with Crippen LogP contribution in [-0.2, 0) is 14.8 Å². The van der Waals surface area contributed by atoms with Crippen molar-refractivity contribution >= 4 is 33.3 Å². The van der Waals surface area contributed by atoms with Gasteiger partial charge in [0.15, 0.2) is 0 Å². The van der Waals surface area contributed by atoms with E-state index in [0.717, 1.165) is 0 Å². The third-order valence-electron chi connectivity index (χ3n) is 3.59. The summed E-state index contributed by atoms with van der Waals surface area (Å²) >= 11 is 0. The molecule has 0 saturated carbocycles. The minimum atomic E-state index is -3.64. The van der Waals surface area contributed by atoms with Gasteiger partial charge in [-0.2, -0.15) is 0 Å². The predicted molar refractivity (Wildman–Crippen MR) is 89.0 cm³/mol. The van der Waals surface area contributed by atoms with E-state index >= 15 is 0 Å². The second-order valence-electron chi connectivity index (χ2n) is 5.21. The summed E-state index contributed by atoms with van der Waals surface area (Å²) in [5, 5.41) is 21.7. The highest BCUT2D eigenvalue weighted by Crippen LogP contribution is 2.35. The van der Waals surface area contributed by atoms with Gasteiger partial charge in [0.25, 0.3) is 5.91 Å². The fraction of sp³-hybridized carbons (Fsp3) is 0.0625. The lowest BCUT2D eigenvalue weighted by Gasteiger charge is -2.05. The predicted octanol–water partition coefficient (Wildman–Crippen LogP) is 1.50. The Kier molecular flexibility index (Phi) is 3.78. The molecule has 0 fully saturated rings. The fourth-order valence-corrected chi connectivity index (χ4v) is 3.22. The summed E-state index contributed by atoms with van der Waals surface area (Å²) in [5.41, 5.74) is 1.57. The van der Waals surface area contributed by atoms with Crippen LogP contribution in [0.3, 0.4) is 0 Å². The Labute approximate surface area is 138 Å². The topological polar surface area (TPSA) is 116 Å². The van der Waals surface area contributed by atoms with Crippen LogP contribution in [-0.4, -0.2) is 31.6 Å². The standard InChI is InChI=1S/C16H14N2O5S/c1-17-24(22,23)12-2-3-15-13(8-12)14(16(21)18-15)6-9-4-10(19)7-11(20)5-9/h2-8,17,19-20H,1H3,(H,18,21). The highest BCUT2D eigenvalue weighted by Gasteiger charge is 2.26. The molecule has 24 heavy (non-hydrogen) atoms. The Morgan fingerprint density at radius 3 is 2.38 bits per heavy atom. The van der Waals surface area contributed by atoms with E-state index in [0.29, 0.717) is 16.8 Å². The van der Waals surface area contributed by atoms with Crippen molar-refractivity contribution in [2.45, 2.75) is 4.90 Å². The van der Waals surface area contributed by atoms with Crippen molar-refractivity contribution in [3.05, 3.63) is 47.5 Å². The van der Waals surface area contributed by atoms with Crippen molar-refractivity contribution in [2.75, 3.05) is 12.4 Å². The molecule has 1 amide bonds. The first-order valence-corrected chi connectivity index (χ1v) is 8.42. The normalized spacial score (nSPS) is 15.4. The van der Waals surface area contributed by atoms with E-state index in [1.54, 1.807) is 0 Å². The number of amides is 1. The molecule has 8 heteroatoms. The molecule has 4 N–H and O–H groups in total. The molecule has 1 aliphatic heterocycles. The third kappa shape index (κ3) is 2.84. The summed E-state index contributed by atoms with van der Waals surface area (Å²) in [6.07, 6.45) is 1.47. The number of aromatic hydroxyl groups is 2. The summed E-state index contributed by atoms with van der Waals surface area (Å²) in [5.74, 6) is -0.689. The molecule has 1 heterocycles. The average Bonchev–Trinajstić information content (AvgIpc) is 2.81. The van der Waals surface area contributed by atoms with Gasteiger partial charge < -0.3 is 15.5 Å². The van der Waals surface area contributed by atoms with E-state index in [1.807, 2.05) is 0 Å². The number of nitrogens with one attached hydrogen (secondary N) is 2. The summed E-state index contributed by atoms with van der Waals surface area (Å²) in [7, 11) is -2.34. The molecule has 0 bridgehead atoms. The minimum absolute atomic E-state index is 0.0323. The fourth-order valence-electron chi connectivity index (χ4n) is 2.46. The summed E-state index contributed by atoms with van der Waals surface area (Å²) in [6.45, 7) is 0. The van der Waals surface area contributed by atoms with Crippen LogP contribution in [0.5, 0.6) is 11.5 Å². The summed E-state index contributed by atoms with van der Waals surface area (Å²) in [6, 6.07) is 8.24. The molecule has 0 aliphatic carbocycles. The Morgan fingerprint density at radius 2 is 1.75 bits per heavy atom. The van der Waals surface area contributed by atoms with Gasteiger partial charge in [-0.3, -0.25) is 4.79 Å². The molecule has 2 aromatic carbocycles. The van der Waals surface area contributed by atoms with Crippen LogP contribution in [0.2, 0.25) is 0 Å². The maximum Gasteiger partial charge on any atom is 0.256 e. The van der Waals surface area contributed by atoms with E-state index in [9.17, 15) is 23.4 Å². The summed E-state index contributed by atoms with van der Waals surface area (Å²) < 4.78 is 26.1. The lowest BCUT2D eigenvalue weighted by Crippen LogP contribution is -2.18. The van der Waals surface area contributed by atoms with E-state index in [-0.39, 0.29) is 22.0 Å². The van der Waals surface area contributed by atoms with Crippen LogP contribution in [0.15, 0.2) is 41.3 Å². The smallest absolute Gasteiger partial charge is 0.256 e. The molecule has 124 valence electrons. The Bertz CT molecular complexity index is 960. The van der Waals surface area contributed by atoms with Crippen molar-refractivity contribution in [2.24, 2.45) is 0 Å². The van der Waals surface area contributed by atoms with Gasteiger partial charge in [-0.15, -0.1) is 0 Å². The molecular weight excluding hydrogens is 332 g/mol. The number of carbonyl (C=O) groups is 1. The first kappa shape index (κ1) is 16.0. The lowest BCUT2D eigenvalue weighted by molar-refractivity contribution is -0.110. The highest BCUT2D eigenvalue weighted by atomic mass is 32.2. The first-order chi connectivity index (χ1) is 11.3. The highest BCUT2D eigenvalue weighted by molar-refractivity contribution is 7.89. The molecule has 0 saturated heterocycles. The molecule has 0 atom stereocenters. The number of hydrogen-bond donors (Lipinski definition) is 4. The Morgan fingerprint density at radius 1 is 1.08 bits per heavy atom. The first-order valence-electron chi connectivity index (χ1n) is 6.94. The molecule has 0 unspecified atom stereocenters. The van der Waals surface area contributed by atoms with Crippen LogP contribution in [0.25, 0.3) is 11.6 Å². The van der Waals surface area contributed by atoms with Gasteiger partial charge in [0, 0.05) is 22.9 Å². The van der Waals surface area contributed by atoms with Crippen molar-refractivity contribution < 1.29 is 23.4 Å². The van der Waals surface area contributed by atoms with Crippen molar-refractivity contribution in [3.8, 4) is 11.5 Å². The van der Waals surface area contributed by atoms with Crippen molar-refractivity contribution in [1.82, 2.24) is 4.72 Å². The quantitative estimate of drug-likeness (QED) is 0.629. The summed E-state index contributed by atoms with van der Waals surface area (Å²) in [4.78, 5) is 12.2. The van der Waals surface area contributed by atoms with Gasteiger partial charge in [0.05, 0.1) is 4.90 Å². The molecule has 0 radical (unpaired) electrons. The van der Waals surface area contributed by atoms with Crippen molar-refractivity contribution in [1.29, 1.82) is 0 Å². The molecule has 1 aliphatic rings. The zero-order valence-electron chi connectivity index (χ0n) is 12.6. The Hall–Kier alpha value is -2.84. The molecule has 2 aromatic rings. The number of sulfonamides is 1. The van der Waals surface area contributed by atoms with Crippen molar-refractivity contribution in [3.63, 3.8) is 0 Å². The van der Waals surface area contributed by atoms with E-state index in [4.69, 9.17) is 0 Å². The van der Waals surface area contributed by atoms with Crippen LogP contribution < -0.4 is 10.0 Å². The van der Waals surface area contributed by atoms with Crippen LogP contribution in [0.4, 0.5) is 5.69 Å². The van der Waals surface area contributed by atoms with Gasteiger partial charge in [0.2, 0.25) is 10.0 Å². The number of phenols is 2. The molecule has 3 rings (SSSR count). The SMILES string of the molecule is CNS(=O)(=O)c1ccc2c(c1)C(=Cc1cc(O)cc(O)c1)C(=O)N2. The largest absolute Gasteiger partial charge is 0.508 e. The average molecular weight is 346 g/mol. The minimum Gasteiger partial charge on any atom is -0.508 e. The molecule has 0 aromatic heterocycles. The maximum atomic E-state index is 12.2. The lowest BCUT2D eigenvalue weighted by atomic mass is 10.0. The number of anilines is 1. The second-order valence-corrected chi connectivity index (χ2v) is 7.10. The third-order valence-corrected chi connectivity index (χ3v) is 5.00. The Balaban J connectivity index is 2.14. The number of rotatable bonds is 3. The molecule has 0 spiro atoms. The number of carbonyl (C=O) groups excluding carboxylic acids is 1. The van der Waals surface area contributed by atoms with Gasteiger partial charge in [0.1, 0.15) is 11.5 Å². The van der Waals surface area contributed by atoms with E-state index in [1.165, 1.54) is 49.5 Å².